The Morgan fingerprint density at radius 2 is 1.58 bits per heavy atom. The number of carbonyl (C=O) groups excluding carboxylic acids is 1. The van der Waals surface area contributed by atoms with Crippen LogP contribution >= 0.6 is 0 Å². The van der Waals surface area contributed by atoms with Crippen molar-refractivity contribution >= 4 is 5.97 Å². The topological polar surface area (TPSA) is 205 Å². The Labute approximate surface area is 188 Å². The van der Waals surface area contributed by atoms with Crippen LogP contribution in [0, 0.1) is 0 Å². The van der Waals surface area contributed by atoms with Crippen LogP contribution in [0.15, 0.2) is 24.3 Å². The Morgan fingerprint density at radius 1 is 0.939 bits per heavy atom. The van der Waals surface area contributed by atoms with E-state index in [9.17, 15) is 40.5 Å². The molecule has 33 heavy (non-hydrogen) atoms. The third-order valence-electron chi connectivity index (χ3n) is 5.60. The van der Waals surface area contributed by atoms with Crippen molar-refractivity contribution in [1.82, 2.24) is 0 Å². The number of aliphatic hydroxyl groups excluding tert-OH is 7. The highest BCUT2D eigenvalue weighted by molar-refractivity contribution is 5.89. The van der Waals surface area contributed by atoms with Gasteiger partial charge in [0.2, 0.25) is 5.79 Å². The summed E-state index contributed by atoms with van der Waals surface area (Å²) in [5, 5.41) is 69.7. The maximum atomic E-state index is 12.7. The normalized spacial score (nSPS) is 38.8. The maximum Gasteiger partial charge on any atom is 0.338 e. The second-order valence-corrected chi connectivity index (χ2v) is 7.67. The quantitative estimate of drug-likeness (QED) is 0.182. The standard InChI is InChI=1S/C20H28O13/c1-29-10-4-2-9(3-5-10)18(28)31-17-14(25)12(7-22)32-20(17,8-23)33-19-16(27)15(26)13(24)11(6-21)30-19/h2-5,11-17,19,21-27H,6-8H2,1H3. The summed E-state index contributed by atoms with van der Waals surface area (Å²) < 4.78 is 26.6. The first-order valence-corrected chi connectivity index (χ1v) is 10.1. The molecule has 186 valence electrons. The molecule has 0 aliphatic carbocycles. The van der Waals surface area contributed by atoms with Gasteiger partial charge in [-0.15, -0.1) is 0 Å². The van der Waals surface area contributed by atoms with Crippen LogP contribution in [0.25, 0.3) is 0 Å². The zero-order valence-corrected chi connectivity index (χ0v) is 17.6. The van der Waals surface area contributed by atoms with Gasteiger partial charge >= 0.3 is 5.97 Å². The highest BCUT2D eigenvalue weighted by Gasteiger charge is 2.60. The lowest BCUT2D eigenvalue weighted by Gasteiger charge is -2.43. The predicted octanol–water partition coefficient (Wildman–Crippen LogP) is -3.52. The Bertz CT molecular complexity index is 787. The molecular weight excluding hydrogens is 448 g/mol. The van der Waals surface area contributed by atoms with E-state index in [4.69, 9.17) is 23.7 Å². The minimum atomic E-state index is -2.33. The van der Waals surface area contributed by atoms with Crippen molar-refractivity contribution in [3.63, 3.8) is 0 Å². The van der Waals surface area contributed by atoms with E-state index in [1.165, 1.54) is 31.4 Å². The SMILES string of the molecule is COc1ccc(C(=O)OC2C(O)C(CO)OC2(CO)OC2OC(CO)C(O)C(O)C2O)cc1. The molecule has 7 N–H and O–H groups in total. The highest BCUT2D eigenvalue weighted by Crippen LogP contribution is 2.38. The summed E-state index contributed by atoms with van der Waals surface area (Å²) in [5.74, 6) is -2.78. The molecule has 2 aliphatic rings. The van der Waals surface area contributed by atoms with Crippen molar-refractivity contribution < 1.29 is 64.2 Å². The minimum absolute atomic E-state index is 0.0649. The lowest BCUT2D eigenvalue weighted by Crippen LogP contribution is -2.63. The maximum absolute atomic E-state index is 12.7. The van der Waals surface area contributed by atoms with Crippen molar-refractivity contribution in [3.8, 4) is 5.75 Å². The molecule has 0 radical (unpaired) electrons. The smallest absolute Gasteiger partial charge is 0.338 e. The van der Waals surface area contributed by atoms with E-state index in [0.717, 1.165) is 0 Å². The molecule has 0 bridgehead atoms. The Balaban J connectivity index is 1.86. The highest BCUT2D eigenvalue weighted by atomic mass is 16.8. The number of hydrogen-bond acceptors (Lipinski definition) is 13. The Hall–Kier alpha value is -1.91. The van der Waals surface area contributed by atoms with Gasteiger partial charge in [0.15, 0.2) is 12.4 Å². The Kier molecular flexibility index (Phi) is 8.23. The second-order valence-electron chi connectivity index (χ2n) is 7.67. The third kappa shape index (κ3) is 4.97. The molecule has 0 aromatic heterocycles. The molecule has 2 saturated heterocycles. The summed E-state index contributed by atoms with van der Waals surface area (Å²) in [4.78, 5) is 12.7. The van der Waals surface area contributed by atoms with Crippen LogP contribution in [0.1, 0.15) is 10.4 Å². The molecule has 0 saturated carbocycles. The van der Waals surface area contributed by atoms with Crippen molar-refractivity contribution in [2.24, 2.45) is 0 Å². The lowest BCUT2D eigenvalue weighted by atomic mass is 9.99. The Morgan fingerprint density at radius 3 is 2.12 bits per heavy atom. The van der Waals surface area contributed by atoms with Crippen molar-refractivity contribution in [2.45, 2.75) is 54.8 Å². The summed E-state index contributed by atoms with van der Waals surface area (Å²) in [6.45, 7) is -2.51. The van der Waals surface area contributed by atoms with E-state index in [1.54, 1.807) is 0 Å². The van der Waals surface area contributed by atoms with E-state index in [2.05, 4.69) is 0 Å². The molecule has 1 aromatic carbocycles. The third-order valence-corrected chi connectivity index (χ3v) is 5.60. The van der Waals surface area contributed by atoms with Gasteiger partial charge in [-0.25, -0.2) is 4.79 Å². The van der Waals surface area contributed by atoms with Crippen molar-refractivity contribution in [1.29, 1.82) is 0 Å². The van der Waals surface area contributed by atoms with Gasteiger partial charge in [0.1, 0.15) is 49.0 Å². The molecule has 13 nitrogen and oxygen atoms in total. The van der Waals surface area contributed by atoms with Crippen LogP contribution in [0.4, 0.5) is 0 Å². The van der Waals surface area contributed by atoms with Crippen LogP contribution < -0.4 is 4.74 Å². The first-order valence-electron chi connectivity index (χ1n) is 10.1. The first-order chi connectivity index (χ1) is 15.7. The number of rotatable bonds is 8. The van der Waals surface area contributed by atoms with Gasteiger partial charge < -0.3 is 59.4 Å². The van der Waals surface area contributed by atoms with Gasteiger partial charge in [0, 0.05) is 0 Å². The van der Waals surface area contributed by atoms with Gasteiger partial charge in [-0.1, -0.05) is 0 Å². The van der Waals surface area contributed by atoms with E-state index in [0.29, 0.717) is 5.75 Å². The number of aliphatic hydroxyl groups is 7. The number of benzene rings is 1. The molecular formula is C20H28O13. The van der Waals surface area contributed by atoms with E-state index >= 15 is 0 Å². The summed E-state index contributed by atoms with van der Waals surface area (Å²) in [6, 6.07) is 5.79. The molecule has 2 fully saturated rings. The number of hydrogen-bond donors (Lipinski definition) is 7. The van der Waals surface area contributed by atoms with E-state index < -0.39 is 80.6 Å². The molecule has 0 amide bonds. The minimum Gasteiger partial charge on any atom is -0.497 e. The average Bonchev–Trinajstić information content (AvgIpc) is 3.10. The van der Waals surface area contributed by atoms with Crippen LogP contribution in [0.3, 0.4) is 0 Å². The van der Waals surface area contributed by atoms with Crippen LogP contribution in [0.5, 0.6) is 5.75 Å². The van der Waals surface area contributed by atoms with E-state index in [1.807, 2.05) is 0 Å². The lowest BCUT2D eigenvalue weighted by molar-refractivity contribution is -0.383. The predicted molar refractivity (Wildman–Crippen MR) is 105 cm³/mol. The fourth-order valence-corrected chi connectivity index (χ4v) is 3.68. The van der Waals surface area contributed by atoms with E-state index in [-0.39, 0.29) is 5.56 Å². The molecule has 2 aliphatic heterocycles. The van der Waals surface area contributed by atoms with Crippen molar-refractivity contribution in [3.05, 3.63) is 29.8 Å². The largest absolute Gasteiger partial charge is 0.497 e. The molecule has 2 heterocycles. The van der Waals surface area contributed by atoms with Gasteiger partial charge in [0.05, 0.1) is 25.9 Å². The fourth-order valence-electron chi connectivity index (χ4n) is 3.68. The summed E-state index contributed by atoms with van der Waals surface area (Å²) in [6.07, 6.45) is -13.1. The zero-order chi connectivity index (χ0) is 24.3. The van der Waals surface area contributed by atoms with Crippen LogP contribution in [-0.2, 0) is 18.9 Å². The summed E-state index contributed by atoms with van der Waals surface area (Å²) in [5.41, 5.74) is 0.0649. The second kappa shape index (κ2) is 10.6. The van der Waals surface area contributed by atoms with Gasteiger partial charge in [-0.3, -0.25) is 0 Å². The number of ether oxygens (including phenoxy) is 5. The average molecular weight is 476 g/mol. The molecule has 1 aromatic rings. The van der Waals surface area contributed by atoms with Gasteiger partial charge in [0.25, 0.3) is 0 Å². The van der Waals surface area contributed by atoms with Crippen LogP contribution in [-0.4, -0.2) is 123 Å². The molecule has 9 unspecified atom stereocenters. The number of methoxy groups -OCH3 is 1. The molecule has 13 heteroatoms. The number of esters is 1. The monoisotopic (exact) mass is 476 g/mol. The zero-order valence-electron chi connectivity index (χ0n) is 17.6. The number of carbonyl (C=O) groups is 1. The first kappa shape index (κ1) is 25.7. The van der Waals surface area contributed by atoms with Gasteiger partial charge in [-0.2, -0.15) is 0 Å². The molecule has 3 rings (SSSR count). The van der Waals surface area contributed by atoms with Crippen molar-refractivity contribution in [2.75, 3.05) is 26.9 Å². The molecule has 0 spiro atoms. The summed E-state index contributed by atoms with van der Waals surface area (Å²) >= 11 is 0. The van der Waals surface area contributed by atoms with Gasteiger partial charge in [-0.05, 0) is 24.3 Å². The summed E-state index contributed by atoms with van der Waals surface area (Å²) in [7, 11) is 1.45. The van der Waals surface area contributed by atoms with Crippen LogP contribution in [0.2, 0.25) is 0 Å². The molecule has 9 atom stereocenters. The fraction of sp³-hybridized carbons (Fsp3) is 0.650.